The summed E-state index contributed by atoms with van der Waals surface area (Å²) in [6.45, 7) is 6.12. The molecule has 32 heavy (non-hydrogen) atoms. The Bertz CT molecular complexity index is 563. The molecule has 0 aliphatic heterocycles. The van der Waals surface area contributed by atoms with Crippen LogP contribution in [0.1, 0.15) is 78.6 Å². The van der Waals surface area contributed by atoms with E-state index >= 15 is 0 Å². The van der Waals surface area contributed by atoms with Crippen molar-refractivity contribution >= 4 is 5.97 Å². The lowest BCUT2D eigenvalue weighted by Gasteiger charge is -2.24. The molecule has 0 rings (SSSR count). The Labute approximate surface area is 194 Å². The summed E-state index contributed by atoms with van der Waals surface area (Å²) in [5.41, 5.74) is 0. The van der Waals surface area contributed by atoms with E-state index in [2.05, 4.69) is 37.3 Å². The standard InChI is InChI=1S/C26H44O6/c1-5-6-17-20-24(31-32-26(2,3)29-4)21-18-15-13-11-9-7-8-10-12-14-16-19-22-30-23-25(27)28/h7,9-10,12-13,15,18,21,24H,5-6,8,11,14,16-17,19-20,22-23H2,1-4H3,(H,27,28)/b9-7-,12-10-,15-13-,21-18+. The summed E-state index contributed by atoms with van der Waals surface area (Å²) >= 11 is 0. The van der Waals surface area contributed by atoms with Gasteiger partial charge in [-0.2, -0.15) is 0 Å². The third-order valence-electron chi connectivity index (χ3n) is 4.54. The summed E-state index contributed by atoms with van der Waals surface area (Å²) in [5.74, 6) is -1.68. The van der Waals surface area contributed by atoms with Crippen LogP contribution in [-0.4, -0.2) is 43.3 Å². The van der Waals surface area contributed by atoms with Gasteiger partial charge in [-0.15, -0.1) is 0 Å². The van der Waals surface area contributed by atoms with Crippen LogP contribution in [0.15, 0.2) is 48.6 Å². The zero-order valence-corrected chi connectivity index (χ0v) is 20.5. The second kappa shape index (κ2) is 21.1. The molecule has 0 saturated carbocycles. The Kier molecular flexibility index (Phi) is 20.0. The molecule has 6 nitrogen and oxygen atoms in total. The van der Waals surface area contributed by atoms with E-state index in [1.165, 1.54) is 12.8 Å². The van der Waals surface area contributed by atoms with Gasteiger partial charge in [0.25, 0.3) is 0 Å². The molecule has 0 spiro atoms. The maximum Gasteiger partial charge on any atom is 0.329 e. The number of hydrogen-bond acceptors (Lipinski definition) is 5. The minimum absolute atomic E-state index is 0.0926. The van der Waals surface area contributed by atoms with Crippen LogP contribution in [-0.2, 0) is 24.0 Å². The van der Waals surface area contributed by atoms with Crippen molar-refractivity contribution < 1.29 is 29.1 Å². The summed E-state index contributed by atoms with van der Waals surface area (Å²) in [5, 5.41) is 8.46. The second-order valence-electron chi connectivity index (χ2n) is 7.99. The summed E-state index contributed by atoms with van der Waals surface area (Å²) in [7, 11) is 1.60. The number of carboxylic acid groups (broad SMARTS) is 1. The van der Waals surface area contributed by atoms with Gasteiger partial charge in [-0.3, -0.25) is 0 Å². The lowest BCUT2D eigenvalue weighted by molar-refractivity contribution is -0.425. The molecule has 1 N–H and O–H groups in total. The van der Waals surface area contributed by atoms with Crippen molar-refractivity contribution in [2.75, 3.05) is 20.3 Å². The highest BCUT2D eigenvalue weighted by atomic mass is 17.2. The predicted molar refractivity (Wildman–Crippen MR) is 129 cm³/mol. The molecule has 0 saturated heterocycles. The lowest BCUT2D eigenvalue weighted by atomic mass is 10.1. The summed E-state index contributed by atoms with van der Waals surface area (Å²) in [4.78, 5) is 21.3. The number of ether oxygens (including phenoxy) is 2. The van der Waals surface area contributed by atoms with Crippen molar-refractivity contribution in [3.63, 3.8) is 0 Å². The van der Waals surface area contributed by atoms with Crippen LogP contribution < -0.4 is 0 Å². The highest BCUT2D eigenvalue weighted by Crippen LogP contribution is 2.15. The van der Waals surface area contributed by atoms with Gasteiger partial charge in [0.05, 0.1) is 0 Å². The van der Waals surface area contributed by atoms with E-state index in [1.807, 2.05) is 32.1 Å². The highest BCUT2D eigenvalue weighted by molar-refractivity contribution is 5.67. The van der Waals surface area contributed by atoms with E-state index in [9.17, 15) is 4.79 Å². The van der Waals surface area contributed by atoms with Crippen molar-refractivity contribution in [2.45, 2.75) is 90.4 Å². The molecule has 0 aliphatic rings. The Hall–Kier alpha value is -1.73. The number of carbonyl (C=O) groups is 1. The van der Waals surface area contributed by atoms with Gasteiger partial charge >= 0.3 is 5.97 Å². The topological polar surface area (TPSA) is 74.2 Å². The van der Waals surface area contributed by atoms with Crippen molar-refractivity contribution in [2.24, 2.45) is 0 Å². The average molecular weight is 453 g/mol. The van der Waals surface area contributed by atoms with Crippen LogP contribution in [0.3, 0.4) is 0 Å². The third kappa shape index (κ3) is 21.5. The maximum atomic E-state index is 10.3. The van der Waals surface area contributed by atoms with Gasteiger partial charge in [-0.05, 0) is 52.4 Å². The summed E-state index contributed by atoms with van der Waals surface area (Å²) in [6.07, 6.45) is 25.7. The van der Waals surface area contributed by atoms with Crippen molar-refractivity contribution in [1.82, 2.24) is 0 Å². The minimum atomic E-state index is -0.917. The highest BCUT2D eigenvalue weighted by Gasteiger charge is 2.20. The van der Waals surface area contributed by atoms with E-state index in [0.717, 1.165) is 44.9 Å². The normalized spacial score (nSPS) is 13.9. The second-order valence-corrected chi connectivity index (χ2v) is 7.99. The zero-order chi connectivity index (χ0) is 23.9. The molecule has 0 aliphatic carbocycles. The number of unbranched alkanes of at least 4 members (excludes halogenated alkanes) is 4. The number of carboxylic acids is 1. The largest absolute Gasteiger partial charge is 0.480 e. The molecule has 6 heteroatoms. The maximum absolute atomic E-state index is 10.3. The van der Waals surface area contributed by atoms with Gasteiger partial charge in [-0.25, -0.2) is 14.6 Å². The van der Waals surface area contributed by atoms with Gasteiger partial charge in [0.15, 0.2) is 5.79 Å². The van der Waals surface area contributed by atoms with Gasteiger partial charge < -0.3 is 14.6 Å². The van der Waals surface area contributed by atoms with Crippen molar-refractivity contribution in [3.8, 4) is 0 Å². The van der Waals surface area contributed by atoms with E-state index in [4.69, 9.17) is 24.4 Å². The number of rotatable bonds is 21. The van der Waals surface area contributed by atoms with E-state index in [1.54, 1.807) is 7.11 Å². The Morgan fingerprint density at radius 2 is 1.69 bits per heavy atom. The Morgan fingerprint density at radius 1 is 0.969 bits per heavy atom. The van der Waals surface area contributed by atoms with E-state index < -0.39 is 11.8 Å². The van der Waals surface area contributed by atoms with Crippen LogP contribution in [0.4, 0.5) is 0 Å². The smallest absolute Gasteiger partial charge is 0.329 e. The van der Waals surface area contributed by atoms with Crippen LogP contribution in [0.2, 0.25) is 0 Å². The molecule has 0 aromatic rings. The molecule has 0 amide bonds. The van der Waals surface area contributed by atoms with Gasteiger partial charge in [0, 0.05) is 13.7 Å². The first kappa shape index (κ1) is 30.3. The lowest BCUT2D eigenvalue weighted by Crippen LogP contribution is -2.29. The van der Waals surface area contributed by atoms with Crippen LogP contribution in [0.5, 0.6) is 0 Å². The Morgan fingerprint density at radius 3 is 2.38 bits per heavy atom. The SMILES string of the molecule is CCCCCC(/C=C/C=C\C/C=C\C/C=C\CCCCOCC(=O)O)OOC(C)(C)OC. The van der Waals surface area contributed by atoms with Gasteiger partial charge in [0.2, 0.25) is 0 Å². The quantitative estimate of drug-likeness (QED) is 0.0532. The number of aliphatic carboxylic acids is 1. The molecule has 0 heterocycles. The molecule has 184 valence electrons. The predicted octanol–water partition coefficient (Wildman–Crippen LogP) is 6.54. The van der Waals surface area contributed by atoms with Crippen LogP contribution >= 0.6 is 0 Å². The molecule has 1 unspecified atom stereocenters. The fourth-order valence-electron chi connectivity index (χ4n) is 2.52. The molecule has 1 atom stereocenters. The average Bonchev–Trinajstić information content (AvgIpc) is 2.76. The van der Waals surface area contributed by atoms with Crippen LogP contribution in [0.25, 0.3) is 0 Å². The molecular weight excluding hydrogens is 408 g/mol. The minimum Gasteiger partial charge on any atom is -0.480 e. The van der Waals surface area contributed by atoms with Gasteiger partial charge in [-0.1, -0.05) is 74.8 Å². The first-order chi connectivity index (χ1) is 15.4. The monoisotopic (exact) mass is 452 g/mol. The molecule has 0 radical (unpaired) electrons. The van der Waals surface area contributed by atoms with Crippen molar-refractivity contribution in [3.05, 3.63) is 48.6 Å². The summed E-state index contributed by atoms with van der Waals surface area (Å²) < 4.78 is 10.2. The molecular formula is C26H44O6. The van der Waals surface area contributed by atoms with E-state index in [-0.39, 0.29) is 12.7 Å². The van der Waals surface area contributed by atoms with Gasteiger partial charge in [0.1, 0.15) is 12.7 Å². The first-order valence-electron chi connectivity index (χ1n) is 11.7. The Balaban J connectivity index is 4.00. The fraction of sp³-hybridized carbons (Fsp3) is 0.654. The molecule has 0 bridgehead atoms. The van der Waals surface area contributed by atoms with Crippen molar-refractivity contribution in [1.29, 1.82) is 0 Å². The fourth-order valence-corrected chi connectivity index (χ4v) is 2.52. The number of allylic oxidation sites excluding steroid dienone is 7. The van der Waals surface area contributed by atoms with E-state index in [0.29, 0.717) is 6.61 Å². The zero-order valence-electron chi connectivity index (χ0n) is 20.5. The third-order valence-corrected chi connectivity index (χ3v) is 4.54. The molecule has 0 fully saturated rings. The number of methoxy groups -OCH3 is 1. The van der Waals surface area contributed by atoms with Crippen LogP contribution in [0, 0.1) is 0 Å². The summed E-state index contributed by atoms with van der Waals surface area (Å²) in [6, 6.07) is 0. The number of hydrogen-bond donors (Lipinski definition) is 1. The first-order valence-corrected chi connectivity index (χ1v) is 11.7. The molecule has 0 aromatic carbocycles. The molecule has 0 aromatic heterocycles.